The van der Waals surface area contributed by atoms with Crippen molar-refractivity contribution >= 4 is 35.0 Å². The lowest BCUT2D eigenvalue weighted by molar-refractivity contribution is -0.162. The Hall–Kier alpha value is -3.10. The molecule has 2 aromatic carbocycles. The summed E-state index contributed by atoms with van der Waals surface area (Å²) in [5, 5.41) is 3.48. The Labute approximate surface area is 217 Å². The first-order valence-electron chi connectivity index (χ1n) is 12.1. The molecule has 1 amide bonds. The number of carbonyl (C=O) groups excluding carboxylic acids is 2. The van der Waals surface area contributed by atoms with Crippen LogP contribution in [0.15, 0.2) is 47.5 Å². The molecule has 3 rings (SSSR count). The first-order chi connectivity index (χ1) is 16.9. The molecule has 5 N–H and O–H groups in total. The van der Waals surface area contributed by atoms with E-state index in [1.54, 1.807) is 42.5 Å². The van der Waals surface area contributed by atoms with E-state index >= 15 is 0 Å². The molecule has 1 aliphatic rings. The van der Waals surface area contributed by atoms with Crippen molar-refractivity contribution in [1.29, 1.82) is 0 Å². The van der Waals surface area contributed by atoms with Crippen molar-refractivity contribution in [1.82, 2.24) is 5.32 Å². The Morgan fingerprint density at radius 2 is 1.81 bits per heavy atom. The van der Waals surface area contributed by atoms with E-state index in [9.17, 15) is 9.59 Å². The molecular formula is C27H35ClN4O4. The van der Waals surface area contributed by atoms with Gasteiger partial charge in [0.15, 0.2) is 6.10 Å². The smallest absolute Gasteiger partial charge is 0.331 e. The zero-order chi connectivity index (χ0) is 26.5. The second-order valence-electron chi connectivity index (χ2n) is 10.0. The second-order valence-corrected chi connectivity index (χ2v) is 10.5. The van der Waals surface area contributed by atoms with E-state index in [-0.39, 0.29) is 12.0 Å². The Morgan fingerprint density at radius 1 is 1.11 bits per heavy atom. The lowest BCUT2D eigenvalue weighted by atomic mass is 9.85. The van der Waals surface area contributed by atoms with Crippen LogP contribution in [0.4, 0.5) is 5.69 Å². The molecule has 0 aromatic heterocycles. The SMILES string of the molecule is CC1Oc2ccc(C(N)(CCCCCNC(=O)c3ccc(Cl)cc3)C(=O)OC(C)(C)C)cc2N=C1N. The van der Waals surface area contributed by atoms with Crippen molar-refractivity contribution in [3.63, 3.8) is 0 Å². The fourth-order valence-electron chi connectivity index (χ4n) is 3.81. The average molecular weight is 515 g/mol. The Bertz CT molecular complexity index is 1130. The number of aliphatic imine (C=N–C) groups is 1. The number of amides is 1. The van der Waals surface area contributed by atoms with E-state index in [2.05, 4.69) is 10.3 Å². The standard InChI is InChI=1S/C27H35ClN4O4/c1-17-23(29)32-21-16-19(10-13-22(21)35-17)27(30,25(34)36-26(2,3)4)14-6-5-7-15-31-24(33)18-8-11-20(28)12-9-18/h8-13,16-17H,5-7,14-15,30H2,1-4H3,(H2,29,32)(H,31,33). The van der Waals surface area contributed by atoms with Crippen LogP contribution < -0.4 is 21.5 Å². The fraction of sp³-hybridized carbons (Fsp3) is 0.444. The summed E-state index contributed by atoms with van der Waals surface area (Å²) in [4.78, 5) is 29.9. The zero-order valence-electron chi connectivity index (χ0n) is 21.3. The Kier molecular flexibility index (Phi) is 8.63. The van der Waals surface area contributed by atoms with E-state index < -0.39 is 17.1 Å². The van der Waals surface area contributed by atoms with Crippen LogP contribution in [0.5, 0.6) is 5.75 Å². The van der Waals surface area contributed by atoms with Crippen LogP contribution in [0, 0.1) is 0 Å². The van der Waals surface area contributed by atoms with Crippen molar-refractivity contribution < 1.29 is 19.1 Å². The van der Waals surface area contributed by atoms with E-state index in [0.29, 0.717) is 52.8 Å². The number of amidine groups is 1. The highest BCUT2D eigenvalue weighted by Gasteiger charge is 2.40. The highest BCUT2D eigenvalue weighted by Crippen LogP contribution is 2.37. The molecule has 0 saturated carbocycles. The Morgan fingerprint density at radius 3 is 2.47 bits per heavy atom. The normalized spacial score (nSPS) is 16.7. The van der Waals surface area contributed by atoms with E-state index in [1.165, 1.54) is 0 Å². The maximum Gasteiger partial charge on any atom is 0.331 e. The monoisotopic (exact) mass is 514 g/mol. The molecule has 0 fully saturated rings. The molecule has 2 unspecified atom stereocenters. The van der Waals surface area contributed by atoms with Crippen molar-refractivity contribution in [2.75, 3.05) is 6.54 Å². The number of esters is 1. The van der Waals surface area contributed by atoms with E-state index in [1.807, 2.05) is 27.7 Å². The zero-order valence-corrected chi connectivity index (χ0v) is 22.0. The topological polar surface area (TPSA) is 129 Å². The number of ether oxygens (including phenoxy) is 2. The third-order valence-electron chi connectivity index (χ3n) is 5.85. The number of fused-ring (bicyclic) bond motifs is 1. The van der Waals surface area contributed by atoms with Crippen LogP contribution in [-0.4, -0.2) is 36.0 Å². The largest absolute Gasteiger partial charge is 0.481 e. The van der Waals surface area contributed by atoms with Crippen molar-refractivity contribution in [2.45, 2.75) is 70.6 Å². The van der Waals surface area contributed by atoms with E-state index in [0.717, 1.165) is 12.8 Å². The van der Waals surface area contributed by atoms with Crippen LogP contribution in [0.3, 0.4) is 0 Å². The van der Waals surface area contributed by atoms with Gasteiger partial charge in [0.2, 0.25) is 0 Å². The predicted octanol–water partition coefficient (Wildman–Crippen LogP) is 4.60. The molecular weight excluding hydrogens is 480 g/mol. The van der Waals surface area contributed by atoms with Crippen molar-refractivity contribution in [2.24, 2.45) is 16.5 Å². The number of unbranched alkanes of at least 4 members (excludes halogenated alkanes) is 2. The Balaban J connectivity index is 1.64. The van der Waals surface area contributed by atoms with Crippen molar-refractivity contribution in [3.8, 4) is 5.75 Å². The van der Waals surface area contributed by atoms with Crippen LogP contribution in [0.2, 0.25) is 5.02 Å². The second kappa shape index (κ2) is 11.3. The maximum atomic E-state index is 13.3. The summed E-state index contributed by atoms with van der Waals surface area (Å²) in [6.07, 6.45) is 2.20. The van der Waals surface area contributed by atoms with Crippen molar-refractivity contribution in [3.05, 3.63) is 58.6 Å². The summed E-state index contributed by atoms with van der Waals surface area (Å²) in [7, 11) is 0. The van der Waals surface area contributed by atoms with Gasteiger partial charge in [0.05, 0.1) is 0 Å². The lowest BCUT2D eigenvalue weighted by Crippen LogP contribution is -2.48. The number of nitrogens with one attached hydrogen (secondary N) is 1. The highest BCUT2D eigenvalue weighted by molar-refractivity contribution is 6.30. The molecule has 1 heterocycles. The van der Waals surface area contributed by atoms with Crippen LogP contribution in [0.1, 0.15) is 69.3 Å². The molecule has 0 spiro atoms. The predicted molar refractivity (Wildman–Crippen MR) is 142 cm³/mol. The minimum absolute atomic E-state index is 0.154. The summed E-state index contributed by atoms with van der Waals surface area (Å²) in [5.41, 5.74) is 12.3. The molecule has 1 aliphatic heterocycles. The highest BCUT2D eigenvalue weighted by atomic mass is 35.5. The van der Waals surface area contributed by atoms with E-state index in [4.69, 9.17) is 32.5 Å². The minimum Gasteiger partial charge on any atom is -0.481 e. The van der Waals surface area contributed by atoms with Crippen LogP contribution in [0.25, 0.3) is 0 Å². The van der Waals surface area contributed by atoms with Crippen LogP contribution >= 0.6 is 11.6 Å². The summed E-state index contributed by atoms with van der Waals surface area (Å²) in [6.45, 7) is 7.75. The first kappa shape index (κ1) is 27.5. The first-order valence-corrected chi connectivity index (χ1v) is 12.5. The summed E-state index contributed by atoms with van der Waals surface area (Å²) in [6, 6.07) is 12.0. The molecule has 194 valence electrons. The molecule has 0 saturated heterocycles. The van der Waals surface area contributed by atoms with Gasteiger partial charge in [0.25, 0.3) is 5.91 Å². The quantitative estimate of drug-likeness (QED) is 0.331. The van der Waals surface area contributed by atoms with Gasteiger partial charge in [-0.3, -0.25) is 4.79 Å². The van der Waals surface area contributed by atoms with Gasteiger partial charge in [-0.2, -0.15) is 0 Å². The number of nitrogens with zero attached hydrogens (tertiary/aromatic N) is 1. The van der Waals surface area contributed by atoms with Gasteiger partial charge in [-0.15, -0.1) is 0 Å². The number of rotatable bonds is 9. The summed E-state index contributed by atoms with van der Waals surface area (Å²) in [5.74, 6) is 0.288. The number of hydrogen-bond acceptors (Lipinski definition) is 7. The fourth-order valence-corrected chi connectivity index (χ4v) is 3.93. The number of halogens is 1. The molecule has 0 bridgehead atoms. The summed E-state index contributed by atoms with van der Waals surface area (Å²) >= 11 is 5.87. The third kappa shape index (κ3) is 6.98. The molecule has 2 atom stereocenters. The maximum absolute atomic E-state index is 13.3. The van der Waals surface area contributed by atoms with Gasteiger partial charge in [0, 0.05) is 17.1 Å². The van der Waals surface area contributed by atoms with Gasteiger partial charge in [0.1, 0.15) is 28.4 Å². The number of benzene rings is 2. The number of nitrogens with two attached hydrogens (primary N) is 2. The average Bonchev–Trinajstić information content (AvgIpc) is 2.80. The number of carbonyl (C=O) groups is 2. The molecule has 36 heavy (non-hydrogen) atoms. The van der Waals surface area contributed by atoms with Crippen LogP contribution in [-0.2, 0) is 15.1 Å². The molecule has 0 aliphatic carbocycles. The van der Waals surface area contributed by atoms with Gasteiger partial charge in [-0.05, 0) is 82.5 Å². The summed E-state index contributed by atoms with van der Waals surface area (Å²) < 4.78 is 11.5. The molecule has 0 radical (unpaired) electrons. The molecule has 9 heteroatoms. The molecule has 8 nitrogen and oxygen atoms in total. The number of hydrogen-bond donors (Lipinski definition) is 3. The lowest BCUT2D eigenvalue weighted by Gasteiger charge is -2.32. The van der Waals surface area contributed by atoms with Gasteiger partial charge < -0.3 is 26.3 Å². The van der Waals surface area contributed by atoms with Gasteiger partial charge in [-0.25, -0.2) is 9.79 Å². The molecule has 2 aromatic rings. The van der Waals surface area contributed by atoms with Gasteiger partial charge in [-0.1, -0.05) is 30.5 Å². The third-order valence-corrected chi connectivity index (χ3v) is 6.10. The minimum atomic E-state index is -1.37. The van der Waals surface area contributed by atoms with Gasteiger partial charge >= 0.3 is 5.97 Å².